The maximum Gasteiger partial charge on any atom is 0.256 e. The molecule has 1 aromatic rings. The Morgan fingerprint density at radius 2 is 2.23 bits per heavy atom. The fourth-order valence-corrected chi connectivity index (χ4v) is 2.09. The van der Waals surface area contributed by atoms with Gasteiger partial charge in [-0.25, -0.2) is 4.98 Å². The molecule has 6 heteroatoms. The molecule has 1 aliphatic heterocycles. The molecular weight excluding hydrogens is 323 g/mol. The normalized spacial score (nSPS) is 18.2. The summed E-state index contributed by atoms with van der Waals surface area (Å²) >= 11 is 12.2. The number of carbonyl (C=O) groups excluding carboxylic acids is 1. The van der Waals surface area contributed by atoms with Crippen molar-refractivity contribution in [2.45, 2.75) is 3.23 Å². The molecule has 0 saturated heterocycles. The molecule has 0 aromatic carbocycles. The van der Waals surface area contributed by atoms with Gasteiger partial charge in [0.1, 0.15) is 5.15 Å². The average molecular weight is 326 g/mol. The largest absolute Gasteiger partial charge is 0.323 e. The van der Waals surface area contributed by atoms with E-state index in [0.29, 0.717) is 10.8 Å². The van der Waals surface area contributed by atoms with Gasteiger partial charge in [-0.05, 0) is 6.07 Å². The highest BCUT2D eigenvalue weighted by Gasteiger charge is 2.42. The average Bonchev–Trinajstić information content (AvgIpc) is 2.23. The summed E-state index contributed by atoms with van der Waals surface area (Å²) in [4.78, 5) is 15.3. The van der Waals surface area contributed by atoms with Gasteiger partial charge in [0.25, 0.3) is 5.91 Å². The van der Waals surface area contributed by atoms with Crippen molar-refractivity contribution in [1.82, 2.24) is 4.98 Å². The van der Waals surface area contributed by atoms with Crippen molar-refractivity contribution in [3.63, 3.8) is 0 Å². The first kappa shape index (κ1) is 9.43. The number of anilines is 1. The Kier molecular flexibility index (Phi) is 2.13. The monoisotopic (exact) mass is 324 g/mol. The number of halogens is 3. The molecule has 1 aliphatic rings. The summed E-state index contributed by atoms with van der Waals surface area (Å²) in [6, 6.07) is 1.61. The number of carbonyl (C=O) groups is 1. The van der Waals surface area contributed by atoms with Crippen LogP contribution in [0.3, 0.4) is 0 Å². The Bertz CT molecular complexity index is 394. The third-order valence-electron chi connectivity index (χ3n) is 1.74. The SMILES string of the molecule is O=C1Nc2cc(Cl)ncc2C1(Br)Br. The first-order valence-electron chi connectivity index (χ1n) is 3.37. The van der Waals surface area contributed by atoms with Crippen LogP contribution in [0.5, 0.6) is 0 Å². The van der Waals surface area contributed by atoms with Gasteiger partial charge in [0, 0.05) is 11.8 Å². The van der Waals surface area contributed by atoms with Crippen molar-refractivity contribution in [2.24, 2.45) is 0 Å². The Hall–Kier alpha value is -0.130. The fraction of sp³-hybridized carbons (Fsp3) is 0.143. The maximum absolute atomic E-state index is 11.4. The maximum atomic E-state index is 11.4. The first-order valence-corrected chi connectivity index (χ1v) is 5.33. The third-order valence-corrected chi connectivity index (χ3v) is 3.52. The second-order valence-electron chi connectivity index (χ2n) is 2.58. The van der Waals surface area contributed by atoms with Crippen LogP contribution < -0.4 is 5.32 Å². The highest BCUT2D eigenvalue weighted by molar-refractivity contribution is 9.25. The molecule has 2 rings (SSSR count). The van der Waals surface area contributed by atoms with Gasteiger partial charge in [0.15, 0.2) is 3.23 Å². The zero-order chi connectivity index (χ0) is 9.64. The molecule has 1 amide bonds. The van der Waals surface area contributed by atoms with Crippen molar-refractivity contribution in [1.29, 1.82) is 0 Å². The van der Waals surface area contributed by atoms with Crippen LogP contribution in [-0.2, 0) is 8.03 Å². The zero-order valence-corrected chi connectivity index (χ0v) is 10.1. The van der Waals surface area contributed by atoms with Crippen LogP contribution >= 0.6 is 43.5 Å². The number of alkyl halides is 2. The topological polar surface area (TPSA) is 42.0 Å². The summed E-state index contributed by atoms with van der Waals surface area (Å²) in [5.74, 6) is -0.174. The van der Waals surface area contributed by atoms with Gasteiger partial charge in [-0.15, -0.1) is 0 Å². The number of hydrogen-bond acceptors (Lipinski definition) is 2. The van der Waals surface area contributed by atoms with Gasteiger partial charge >= 0.3 is 0 Å². The molecule has 0 fully saturated rings. The van der Waals surface area contributed by atoms with Crippen molar-refractivity contribution in [3.05, 3.63) is 23.0 Å². The van der Waals surface area contributed by atoms with E-state index in [0.717, 1.165) is 5.56 Å². The molecular formula is C7H3Br2ClN2O. The Balaban J connectivity index is 2.62. The fourth-order valence-electron chi connectivity index (χ4n) is 1.11. The predicted molar refractivity (Wildman–Crippen MR) is 57.4 cm³/mol. The number of fused-ring (bicyclic) bond motifs is 1. The molecule has 1 N–H and O–H groups in total. The minimum Gasteiger partial charge on any atom is -0.323 e. The minimum atomic E-state index is -0.868. The van der Waals surface area contributed by atoms with Crippen LogP contribution in [0.25, 0.3) is 0 Å². The molecule has 68 valence electrons. The van der Waals surface area contributed by atoms with E-state index in [1.54, 1.807) is 12.3 Å². The quantitative estimate of drug-likeness (QED) is 0.588. The van der Waals surface area contributed by atoms with Gasteiger partial charge in [-0.1, -0.05) is 43.5 Å². The third kappa shape index (κ3) is 1.39. The van der Waals surface area contributed by atoms with Gasteiger partial charge < -0.3 is 5.32 Å². The lowest BCUT2D eigenvalue weighted by Crippen LogP contribution is -2.20. The van der Waals surface area contributed by atoms with E-state index in [2.05, 4.69) is 42.2 Å². The predicted octanol–water partition coefficient (Wildman–Crippen LogP) is 2.63. The number of nitrogens with zero attached hydrogens (tertiary/aromatic N) is 1. The van der Waals surface area contributed by atoms with Gasteiger partial charge in [0.05, 0.1) is 5.69 Å². The lowest BCUT2D eigenvalue weighted by Gasteiger charge is -2.08. The second kappa shape index (κ2) is 2.93. The highest BCUT2D eigenvalue weighted by Crippen LogP contribution is 2.47. The number of amides is 1. The van der Waals surface area contributed by atoms with Gasteiger partial charge in [-0.3, -0.25) is 4.79 Å². The molecule has 0 aliphatic carbocycles. The molecule has 0 atom stereocenters. The molecule has 3 nitrogen and oxygen atoms in total. The summed E-state index contributed by atoms with van der Waals surface area (Å²) < 4.78 is -0.868. The van der Waals surface area contributed by atoms with Crippen molar-refractivity contribution in [3.8, 4) is 0 Å². The summed E-state index contributed by atoms with van der Waals surface area (Å²) in [5, 5.41) is 3.03. The van der Waals surface area contributed by atoms with E-state index in [1.165, 1.54) is 0 Å². The van der Waals surface area contributed by atoms with E-state index >= 15 is 0 Å². The number of nitrogens with one attached hydrogen (secondary N) is 1. The Labute approximate surface area is 96.1 Å². The molecule has 0 spiro atoms. The van der Waals surface area contributed by atoms with Gasteiger partial charge in [0.2, 0.25) is 0 Å². The van der Waals surface area contributed by atoms with Crippen molar-refractivity contribution in [2.75, 3.05) is 5.32 Å². The van der Waals surface area contributed by atoms with E-state index in [-0.39, 0.29) is 5.91 Å². The first-order chi connectivity index (χ1) is 6.01. The number of hydrogen-bond donors (Lipinski definition) is 1. The van der Waals surface area contributed by atoms with Crippen molar-refractivity contribution < 1.29 is 4.79 Å². The molecule has 2 heterocycles. The zero-order valence-electron chi connectivity index (χ0n) is 6.14. The molecule has 1 aromatic heterocycles. The molecule has 0 radical (unpaired) electrons. The van der Waals surface area contributed by atoms with Crippen molar-refractivity contribution >= 4 is 55.1 Å². The highest BCUT2D eigenvalue weighted by atomic mass is 79.9. The van der Waals surface area contributed by atoms with E-state index < -0.39 is 3.23 Å². The molecule has 13 heavy (non-hydrogen) atoms. The van der Waals surface area contributed by atoms with Crippen LogP contribution in [0, 0.1) is 0 Å². The lowest BCUT2D eigenvalue weighted by atomic mass is 10.2. The molecule has 0 bridgehead atoms. The number of pyridine rings is 1. The van der Waals surface area contributed by atoms with E-state index in [9.17, 15) is 4.79 Å². The lowest BCUT2D eigenvalue weighted by molar-refractivity contribution is -0.115. The summed E-state index contributed by atoms with van der Waals surface area (Å²) in [6.45, 7) is 0. The second-order valence-corrected chi connectivity index (χ2v) is 6.41. The van der Waals surface area contributed by atoms with E-state index in [1.807, 2.05) is 0 Å². The Morgan fingerprint density at radius 1 is 1.54 bits per heavy atom. The van der Waals surface area contributed by atoms with Crippen LogP contribution in [-0.4, -0.2) is 10.9 Å². The minimum absolute atomic E-state index is 0.174. The number of aromatic nitrogens is 1. The smallest absolute Gasteiger partial charge is 0.256 e. The summed E-state index contributed by atoms with van der Waals surface area (Å²) in [5.41, 5.74) is 1.42. The Morgan fingerprint density at radius 3 is 2.92 bits per heavy atom. The van der Waals surface area contributed by atoms with Crippen LogP contribution in [0.2, 0.25) is 5.15 Å². The molecule has 0 saturated carbocycles. The summed E-state index contributed by atoms with van der Waals surface area (Å²) in [7, 11) is 0. The standard InChI is InChI=1S/C7H3Br2ClN2O/c8-7(9)3-2-11-5(10)1-4(3)12-6(7)13/h1-2H,(H,12,13). The van der Waals surface area contributed by atoms with Crippen LogP contribution in [0.1, 0.15) is 5.56 Å². The van der Waals surface area contributed by atoms with Crippen LogP contribution in [0.4, 0.5) is 5.69 Å². The van der Waals surface area contributed by atoms with E-state index in [4.69, 9.17) is 11.6 Å². The van der Waals surface area contributed by atoms with Gasteiger partial charge in [-0.2, -0.15) is 0 Å². The van der Waals surface area contributed by atoms with Crippen LogP contribution in [0.15, 0.2) is 12.3 Å². The number of rotatable bonds is 0. The summed E-state index contributed by atoms with van der Waals surface area (Å²) in [6.07, 6.45) is 1.55. The molecule has 0 unspecified atom stereocenters.